The van der Waals surface area contributed by atoms with E-state index >= 15 is 0 Å². The van der Waals surface area contributed by atoms with Crippen LogP contribution in [0.2, 0.25) is 0 Å². The largest absolute Gasteiger partial charge is 0.310 e. The number of aryl methyl sites for hydroxylation is 1. The second-order valence-corrected chi connectivity index (χ2v) is 7.28. The predicted molar refractivity (Wildman–Crippen MR) is 87.9 cm³/mol. The number of rotatable bonds is 5. The highest BCUT2D eigenvalue weighted by Crippen LogP contribution is 2.46. The molecule has 1 saturated carbocycles. The van der Waals surface area contributed by atoms with Gasteiger partial charge < -0.3 is 5.32 Å². The lowest BCUT2D eigenvalue weighted by Crippen LogP contribution is -2.39. The van der Waals surface area contributed by atoms with Crippen LogP contribution in [0.3, 0.4) is 0 Å². The summed E-state index contributed by atoms with van der Waals surface area (Å²) in [4.78, 5) is 0. The Bertz CT molecular complexity index is 467. The highest BCUT2D eigenvalue weighted by atomic mass is 19.1. The lowest BCUT2D eigenvalue weighted by atomic mass is 9.64. The summed E-state index contributed by atoms with van der Waals surface area (Å²) < 4.78 is 14.0. The van der Waals surface area contributed by atoms with Crippen LogP contribution in [0, 0.1) is 24.1 Å². The van der Waals surface area contributed by atoms with Crippen molar-refractivity contribution in [3.05, 3.63) is 35.1 Å². The van der Waals surface area contributed by atoms with Gasteiger partial charge in [-0.2, -0.15) is 0 Å². The molecule has 2 unspecified atom stereocenters. The average molecular weight is 291 g/mol. The van der Waals surface area contributed by atoms with Gasteiger partial charge in [0.2, 0.25) is 0 Å². The van der Waals surface area contributed by atoms with Gasteiger partial charge in [-0.1, -0.05) is 45.7 Å². The second-order valence-electron chi connectivity index (χ2n) is 7.28. The van der Waals surface area contributed by atoms with Crippen LogP contribution in [0.1, 0.15) is 70.0 Å². The molecule has 0 amide bonds. The Morgan fingerprint density at radius 2 is 2.10 bits per heavy atom. The van der Waals surface area contributed by atoms with E-state index in [0.29, 0.717) is 11.3 Å². The maximum Gasteiger partial charge on any atom is 0.126 e. The molecule has 0 saturated heterocycles. The highest BCUT2D eigenvalue weighted by molar-refractivity contribution is 5.27. The summed E-state index contributed by atoms with van der Waals surface area (Å²) in [5.74, 6) is 0.504. The van der Waals surface area contributed by atoms with Gasteiger partial charge >= 0.3 is 0 Å². The van der Waals surface area contributed by atoms with E-state index in [2.05, 4.69) is 32.2 Å². The van der Waals surface area contributed by atoms with Crippen molar-refractivity contribution in [3.63, 3.8) is 0 Å². The standard InChI is InChI=1S/C19H30FN/c1-5-12-21-18(15-10-9-14(2)17(20)13-15)16-8-6-7-11-19(16,3)4/h9-10,13,16,18,21H,5-8,11-12H2,1-4H3. The first-order valence-electron chi connectivity index (χ1n) is 8.45. The molecular formula is C19H30FN. The first-order valence-corrected chi connectivity index (χ1v) is 8.45. The molecule has 1 N–H and O–H groups in total. The fraction of sp³-hybridized carbons (Fsp3) is 0.684. The average Bonchev–Trinajstić information content (AvgIpc) is 2.44. The maximum absolute atomic E-state index is 14.0. The maximum atomic E-state index is 14.0. The zero-order chi connectivity index (χ0) is 15.5. The molecule has 1 aromatic carbocycles. The van der Waals surface area contributed by atoms with Crippen LogP contribution < -0.4 is 5.32 Å². The summed E-state index contributed by atoms with van der Waals surface area (Å²) in [6.07, 6.45) is 6.25. The van der Waals surface area contributed by atoms with Gasteiger partial charge in [-0.15, -0.1) is 0 Å². The van der Waals surface area contributed by atoms with Crippen LogP contribution >= 0.6 is 0 Å². The van der Waals surface area contributed by atoms with Gasteiger partial charge in [-0.05, 0) is 61.3 Å². The van der Waals surface area contributed by atoms with E-state index in [1.165, 1.54) is 25.7 Å². The zero-order valence-corrected chi connectivity index (χ0v) is 14.0. The third kappa shape index (κ3) is 3.85. The number of hydrogen-bond donors (Lipinski definition) is 1. The van der Waals surface area contributed by atoms with Crippen molar-refractivity contribution in [1.29, 1.82) is 0 Å². The van der Waals surface area contributed by atoms with Crippen molar-refractivity contribution < 1.29 is 4.39 Å². The van der Waals surface area contributed by atoms with Gasteiger partial charge in [0, 0.05) is 6.04 Å². The van der Waals surface area contributed by atoms with E-state index in [0.717, 1.165) is 24.1 Å². The molecule has 0 bridgehead atoms. The Balaban J connectivity index is 2.30. The minimum Gasteiger partial charge on any atom is -0.310 e. The Hall–Kier alpha value is -0.890. The normalized spacial score (nSPS) is 23.0. The van der Waals surface area contributed by atoms with Crippen LogP contribution in [0.25, 0.3) is 0 Å². The molecule has 0 heterocycles. The fourth-order valence-electron chi connectivity index (χ4n) is 3.73. The van der Waals surface area contributed by atoms with Gasteiger partial charge in [0.15, 0.2) is 0 Å². The first-order chi connectivity index (χ1) is 9.95. The summed E-state index contributed by atoms with van der Waals surface area (Å²) in [6.45, 7) is 9.76. The number of benzene rings is 1. The topological polar surface area (TPSA) is 12.0 Å². The van der Waals surface area contributed by atoms with Crippen molar-refractivity contribution >= 4 is 0 Å². The number of hydrogen-bond acceptors (Lipinski definition) is 1. The molecule has 2 heteroatoms. The van der Waals surface area contributed by atoms with Crippen LogP contribution in [-0.2, 0) is 0 Å². The van der Waals surface area contributed by atoms with Crippen LogP contribution in [0.15, 0.2) is 18.2 Å². The van der Waals surface area contributed by atoms with Crippen molar-refractivity contribution in [2.24, 2.45) is 11.3 Å². The molecule has 1 aliphatic rings. The zero-order valence-electron chi connectivity index (χ0n) is 14.0. The molecule has 1 nitrogen and oxygen atoms in total. The van der Waals surface area contributed by atoms with Crippen LogP contribution in [-0.4, -0.2) is 6.54 Å². The third-order valence-electron chi connectivity index (χ3n) is 5.16. The lowest BCUT2D eigenvalue weighted by molar-refractivity contribution is 0.0980. The monoisotopic (exact) mass is 291 g/mol. The van der Waals surface area contributed by atoms with E-state index in [1.54, 1.807) is 6.07 Å². The highest BCUT2D eigenvalue weighted by Gasteiger charge is 2.38. The van der Waals surface area contributed by atoms with Crippen molar-refractivity contribution in [2.45, 2.75) is 65.8 Å². The smallest absolute Gasteiger partial charge is 0.126 e. The quantitative estimate of drug-likeness (QED) is 0.766. The molecule has 2 atom stereocenters. The fourth-order valence-corrected chi connectivity index (χ4v) is 3.73. The summed E-state index contributed by atoms with van der Waals surface area (Å²) in [7, 11) is 0. The molecular weight excluding hydrogens is 261 g/mol. The molecule has 1 aliphatic carbocycles. The SMILES string of the molecule is CCCNC(c1ccc(C)c(F)c1)C1CCCCC1(C)C. The Kier molecular flexibility index (Phi) is 5.43. The third-order valence-corrected chi connectivity index (χ3v) is 5.16. The van der Waals surface area contributed by atoms with Crippen LogP contribution in [0.4, 0.5) is 4.39 Å². The summed E-state index contributed by atoms with van der Waals surface area (Å²) in [5.41, 5.74) is 2.17. The number of halogens is 1. The lowest BCUT2D eigenvalue weighted by Gasteiger charge is -2.44. The molecule has 118 valence electrons. The van der Waals surface area contributed by atoms with Crippen molar-refractivity contribution in [2.75, 3.05) is 6.54 Å². The molecule has 0 radical (unpaired) electrons. The molecule has 0 spiro atoms. The number of nitrogens with one attached hydrogen (secondary N) is 1. The van der Waals surface area contributed by atoms with Gasteiger partial charge in [0.1, 0.15) is 5.82 Å². The van der Waals surface area contributed by atoms with Crippen molar-refractivity contribution in [1.82, 2.24) is 5.32 Å². The second kappa shape index (κ2) is 6.91. The molecule has 21 heavy (non-hydrogen) atoms. The van der Waals surface area contributed by atoms with Gasteiger partial charge in [0.25, 0.3) is 0 Å². The Morgan fingerprint density at radius 3 is 2.71 bits per heavy atom. The first kappa shape index (κ1) is 16.5. The van der Waals surface area contributed by atoms with Crippen LogP contribution in [0.5, 0.6) is 0 Å². The van der Waals surface area contributed by atoms with Gasteiger partial charge in [0.05, 0.1) is 0 Å². The molecule has 2 rings (SSSR count). The summed E-state index contributed by atoms with van der Waals surface area (Å²) in [6, 6.07) is 6.04. The summed E-state index contributed by atoms with van der Waals surface area (Å²) in [5, 5.41) is 3.69. The van der Waals surface area contributed by atoms with E-state index in [-0.39, 0.29) is 11.9 Å². The minimum atomic E-state index is -0.0792. The summed E-state index contributed by atoms with van der Waals surface area (Å²) >= 11 is 0. The van der Waals surface area contributed by atoms with E-state index in [9.17, 15) is 4.39 Å². The van der Waals surface area contributed by atoms with Crippen molar-refractivity contribution in [3.8, 4) is 0 Å². The van der Waals surface area contributed by atoms with E-state index in [4.69, 9.17) is 0 Å². The molecule has 1 aromatic rings. The molecule has 0 aliphatic heterocycles. The van der Waals surface area contributed by atoms with E-state index < -0.39 is 0 Å². The predicted octanol–water partition coefficient (Wildman–Crippen LogP) is 5.39. The Morgan fingerprint density at radius 1 is 1.33 bits per heavy atom. The van der Waals surface area contributed by atoms with E-state index in [1.807, 2.05) is 13.0 Å². The molecule has 0 aromatic heterocycles. The Labute approximate surface area is 129 Å². The van der Waals surface area contributed by atoms with Gasteiger partial charge in [-0.25, -0.2) is 4.39 Å². The van der Waals surface area contributed by atoms with Gasteiger partial charge in [-0.3, -0.25) is 0 Å². The minimum absolute atomic E-state index is 0.0792. The molecule has 1 fully saturated rings.